The number of aryl methyl sites for hydroxylation is 2. The van der Waals surface area contributed by atoms with E-state index < -0.39 is 0 Å². The molecule has 0 saturated carbocycles. The first-order valence-electron chi connectivity index (χ1n) is 4.30. The SMILES string of the molecule is C=C(C)Cc1c(C)cccc1C. The van der Waals surface area contributed by atoms with Gasteiger partial charge in [0.15, 0.2) is 0 Å². The Morgan fingerprint density at radius 3 is 2.17 bits per heavy atom. The second kappa shape index (κ2) is 3.57. The molecule has 1 rings (SSSR count). The first-order chi connectivity index (χ1) is 5.61. The van der Waals surface area contributed by atoms with E-state index in [-0.39, 0.29) is 0 Å². The molecule has 0 aliphatic heterocycles. The van der Waals surface area contributed by atoms with Crippen LogP contribution in [0.1, 0.15) is 23.6 Å². The highest BCUT2D eigenvalue weighted by atomic mass is 14.1. The first kappa shape index (κ1) is 9.05. The summed E-state index contributed by atoms with van der Waals surface area (Å²) < 4.78 is 0. The smallest absolute Gasteiger partial charge is 0.00673 e. The zero-order chi connectivity index (χ0) is 9.14. The van der Waals surface area contributed by atoms with Crippen molar-refractivity contribution in [2.75, 3.05) is 0 Å². The van der Waals surface area contributed by atoms with Crippen molar-refractivity contribution >= 4 is 0 Å². The summed E-state index contributed by atoms with van der Waals surface area (Å²) in [6.45, 7) is 10.3. The molecule has 0 heteroatoms. The summed E-state index contributed by atoms with van der Waals surface area (Å²) in [7, 11) is 0. The van der Waals surface area contributed by atoms with Crippen LogP contribution in [0, 0.1) is 13.8 Å². The van der Waals surface area contributed by atoms with Crippen molar-refractivity contribution in [1.29, 1.82) is 0 Å². The Hall–Kier alpha value is -1.04. The molecule has 0 fully saturated rings. The Labute approximate surface area is 74.9 Å². The van der Waals surface area contributed by atoms with E-state index in [1.807, 2.05) is 0 Å². The third kappa shape index (κ3) is 1.97. The molecule has 1 aromatic carbocycles. The molecule has 64 valence electrons. The van der Waals surface area contributed by atoms with Gasteiger partial charge in [-0.15, -0.1) is 0 Å². The van der Waals surface area contributed by atoms with E-state index in [9.17, 15) is 0 Å². The largest absolute Gasteiger partial charge is 0.0998 e. The van der Waals surface area contributed by atoms with E-state index in [1.165, 1.54) is 22.3 Å². The van der Waals surface area contributed by atoms with Gasteiger partial charge in [-0.1, -0.05) is 30.4 Å². The van der Waals surface area contributed by atoms with Crippen LogP contribution in [0.25, 0.3) is 0 Å². The van der Waals surface area contributed by atoms with E-state index in [0.717, 1.165) is 6.42 Å². The Bertz CT molecular complexity index is 275. The second-order valence-electron chi connectivity index (χ2n) is 3.50. The standard InChI is InChI=1S/C12H16/c1-9(2)8-12-10(3)6-5-7-11(12)4/h5-7H,1,8H2,2-4H3. The molecule has 0 bridgehead atoms. The summed E-state index contributed by atoms with van der Waals surface area (Å²) >= 11 is 0. The summed E-state index contributed by atoms with van der Waals surface area (Å²) in [6.07, 6.45) is 1.01. The van der Waals surface area contributed by atoms with Crippen molar-refractivity contribution in [3.05, 3.63) is 47.0 Å². The molecule has 0 radical (unpaired) electrons. The molecule has 0 aliphatic rings. The molecule has 0 aromatic heterocycles. The monoisotopic (exact) mass is 160 g/mol. The van der Waals surface area contributed by atoms with E-state index in [4.69, 9.17) is 0 Å². The number of rotatable bonds is 2. The van der Waals surface area contributed by atoms with Crippen LogP contribution in [0.4, 0.5) is 0 Å². The Balaban J connectivity index is 3.04. The van der Waals surface area contributed by atoms with Gasteiger partial charge < -0.3 is 0 Å². The van der Waals surface area contributed by atoms with Crippen molar-refractivity contribution in [2.24, 2.45) is 0 Å². The second-order valence-corrected chi connectivity index (χ2v) is 3.50. The van der Waals surface area contributed by atoms with Crippen molar-refractivity contribution in [2.45, 2.75) is 27.2 Å². The molecule has 0 heterocycles. The molecule has 1 aromatic rings. The quantitative estimate of drug-likeness (QED) is 0.581. The van der Waals surface area contributed by atoms with Crippen LogP contribution in [-0.2, 0) is 6.42 Å². The van der Waals surface area contributed by atoms with E-state index in [1.54, 1.807) is 0 Å². The highest BCUT2D eigenvalue weighted by Crippen LogP contribution is 2.16. The fourth-order valence-electron chi connectivity index (χ4n) is 1.43. The van der Waals surface area contributed by atoms with E-state index >= 15 is 0 Å². The highest BCUT2D eigenvalue weighted by Gasteiger charge is 2.00. The predicted octanol–water partition coefficient (Wildman–Crippen LogP) is 3.42. The van der Waals surface area contributed by atoms with Gasteiger partial charge in [-0.05, 0) is 43.9 Å². The summed E-state index contributed by atoms with van der Waals surface area (Å²) in [6, 6.07) is 6.42. The Kier molecular flexibility index (Phi) is 2.69. The van der Waals surface area contributed by atoms with Gasteiger partial charge >= 0.3 is 0 Å². The topological polar surface area (TPSA) is 0 Å². The summed E-state index contributed by atoms with van der Waals surface area (Å²) in [5.41, 5.74) is 5.41. The molecule has 0 aliphatic carbocycles. The summed E-state index contributed by atoms with van der Waals surface area (Å²) in [5.74, 6) is 0. The molecule has 0 amide bonds. The van der Waals surface area contributed by atoms with Crippen molar-refractivity contribution in [1.82, 2.24) is 0 Å². The van der Waals surface area contributed by atoms with Gasteiger partial charge in [0.05, 0.1) is 0 Å². The fourth-order valence-corrected chi connectivity index (χ4v) is 1.43. The number of hydrogen-bond acceptors (Lipinski definition) is 0. The van der Waals surface area contributed by atoms with E-state index in [2.05, 4.69) is 45.5 Å². The van der Waals surface area contributed by atoms with E-state index in [0.29, 0.717) is 0 Å². The zero-order valence-electron chi connectivity index (χ0n) is 8.15. The van der Waals surface area contributed by atoms with Gasteiger partial charge in [0.2, 0.25) is 0 Å². The third-order valence-corrected chi connectivity index (χ3v) is 2.12. The zero-order valence-corrected chi connectivity index (χ0v) is 8.15. The van der Waals surface area contributed by atoms with Crippen LogP contribution in [0.3, 0.4) is 0 Å². The maximum Gasteiger partial charge on any atom is -0.00673 e. The van der Waals surface area contributed by atoms with Crippen LogP contribution in [0.2, 0.25) is 0 Å². The average molecular weight is 160 g/mol. The lowest BCUT2D eigenvalue weighted by Crippen LogP contribution is -1.93. The predicted molar refractivity (Wildman–Crippen MR) is 54.4 cm³/mol. The minimum atomic E-state index is 1.01. The van der Waals surface area contributed by atoms with Crippen LogP contribution in [0.15, 0.2) is 30.4 Å². The lowest BCUT2D eigenvalue weighted by molar-refractivity contribution is 1.10. The number of allylic oxidation sites excluding steroid dienone is 1. The molecule has 0 N–H and O–H groups in total. The summed E-state index contributed by atoms with van der Waals surface area (Å²) in [5, 5.41) is 0. The van der Waals surface area contributed by atoms with Crippen LogP contribution in [-0.4, -0.2) is 0 Å². The van der Waals surface area contributed by atoms with Crippen LogP contribution in [0.5, 0.6) is 0 Å². The molecule has 0 spiro atoms. The molecule has 12 heavy (non-hydrogen) atoms. The van der Waals surface area contributed by atoms with Gasteiger partial charge in [0, 0.05) is 0 Å². The molecular formula is C12H16. The van der Waals surface area contributed by atoms with Crippen molar-refractivity contribution in [3.63, 3.8) is 0 Å². The highest BCUT2D eigenvalue weighted by molar-refractivity contribution is 5.35. The Morgan fingerprint density at radius 1 is 1.25 bits per heavy atom. The summed E-state index contributed by atoms with van der Waals surface area (Å²) in [4.78, 5) is 0. The normalized spacial score (nSPS) is 9.92. The molecule has 0 unspecified atom stereocenters. The minimum Gasteiger partial charge on any atom is -0.0998 e. The Morgan fingerprint density at radius 2 is 1.75 bits per heavy atom. The third-order valence-electron chi connectivity index (χ3n) is 2.12. The van der Waals surface area contributed by atoms with Gasteiger partial charge in [-0.3, -0.25) is 0 Å². The maximum atomic E-state index is 3.93. The molecule has 0 nitrogen and oxygen atoms in total. The number of benzene rings is 1. The molecule has 0 atom stereocenters. The maximum absolute atomic E-state index is 3.93. The minimum absolute atomic E-state index is 1.01. The fraction of sp³-hybridized carbons (Fsp3) is 0.333. The lowest BCUT2D eigenvalue weighted by atomic mass is 9.97. The van der Waals surface area contributed by atoms with Gasteiger partial charge in [0.25, 0.3) is 0 Å². The van der Waals surface area contributed by atoms with Gasteiger partial charge in [0.1, 0.15) is 0 Å². The van der Waals surface area contributed by atoms with Crippen LogP contribution >= 0.6 is 0 Å². The lowest BCUT2D eigenvalue weighted by Gasteiger charge is -2.08. The first-order valence-corrected chi connectivity index (χ1v) is 4.30. The van der Waals surface area contributed by atoms with Crippen molar-refractivity contribution in [3.8, 4) is 0 Å². The molecule has 0 saturated heterocycles. The molecular weight excluding hydrogens is 144 g/mol. The average Bonchev–Trinajstić information content (AvgIpc) is 1.97. The van der Waals surface area contributed by atoms with Gasteiger partial charge in [-0.2, -0.15) is 0 Å². The van der Waals surface area contributed by atoms with Gasteiger partial charge in [-0.25, -0.2) is 0 Å². The van der Waals surface area contributed by atoms with Crippen molar-refractivity contribution < 1.29 is 0 Å². The van der Waals surface area contributed by atoms with Crippen LogP contribution < -0.4 is 0 Å². The number of hydrogen-bond donors (Lipinski definition) is 0.